The molecule has 1 heterocycles. The second-order valence-corrected chi connectivity index (χ2v) is 3.08. The summed E-state index contributed by atoms with van der Waals surface area (Å²) >= 11 is 0. The van der Waals surface area contributed by atoms with Crippen molar-refractivity contribution in [3.63, 3.8) is 0 Å². The van der Waals surface area contributed by atoms with Gasteiger partial charge in [-0.2, -0.15) is 4.68 Å². The van der Waals surface area contributed by atoms with Crippen LogP contribution in [0, 0.1) is 5.82 Å². The molecule has 2 rings (SSSR count). The van der Waals surface area contributed by atoms with Crippen molar-refractivity contribution in [3.05, 3.63) is 34.4 Å². The van der Waals surface area contributed by atoms with Gasteiger partial charge in [0.1, 0.15) is 23.3 Å². The zero-order chi connectivity index (χ0) is 11.7. The molecule has 0 bridgehead atoms. The molecular weight excluding hydrogens is 217 g/mol. The Bertz CT molecular complexity index is 623. The number of hydrogen-bond acceptors (Lipinski definition) is 4. The maximum absolute atomic E-state index is 13.3. The predicted octanol–water partition coefficient (Wildman–Crippen LogP) is 0.0152. The van der Waals surface area contributed by atoms with Gasteiger partial charge in [0.25, 0.3) is 5.56 Å². The minimum atomic E-state index is -1.24. The fourth-order valence-corrected chi connectivity index (χ4v) is 1.31. The van der Waals surface area contributed by atoms with E-state index in [-0.39, 0.29) is 10.9 Å². The molecular formula is C9H6FN3O3. The third-order valence-electron chi connectivity index (χ3n) is 1.99. The Morgan fingerprint density at radius 1 is 1.50 bits per heavy atom. The van der Waals surface area contributed by atoms with Crippen molar-refractivity contribution in [2.75, 3.05) is 0 Å². The topological polar surface area (TPSA) is 85.1 Å². The van der Waals surface area contributed by atoms with E-state index in [2.05, 4.69) is 10.3 Å². The number of hydrogen-bond donors (Lipinski definition) is 1. The molecule has 0 aliphatic carbocycles. The van der Waals surface area contributed by atoms with Crippen LogP contribution in [0.5, 0.6) is 0 Å². The Kier molecular flexibility index (Phi) is 2.35. The summed E-state index contributed by atoms with van der Waals surface area (Å²) in [4.78, 5) is 22.1. The molecule has 1 aromatic heterocycles. The van der Waals surface area contributed by atoms with Gasteiger partial charge >= 0.3 is 5.97 Å². The van der Waals surface area contributed by atoms with E-state index in [1.54, 1.807) is 0 Å². The van der Waals surface area contributed by atoms with Gasteiger partial charge in [-0.3, -0.25) is 9.59 Å². The molecule has 0 radical (unpaired) electrons. The van der Waals surface area contributed by atoms with Crippen molar-refractivity contribution >= 4 is 16.9 Å². The second kappa shape index (κ2) is 3.69. The minimum Gasteiger partial charge on any atom is -0.480 e. The maximum atomic E-state index is 13.3. The van der Waals surface area contributed by atoms with E-state index in [0.717, 1.165) is 6.07 Å². The van der Waals surface area contributed by atoms with Gasteiger partial charge in [-0.05, 0) is 12.1 Å². The van der Waals surface area contributed by atoms with Crippen molar-refractivity contribution in [3.8, 4) is 0 Å². The van der Waals surface area contributed by atoms with Crippen LogP contribution in [0.4, 0.5) is 4.39 Å². The fraction of sp³-hybridized carbons (Fsp3) is 0.111. The zero-order valence-electron chi connectivity index (χ0n) is 7.92. The monoisotopic (exact) mass is 223 g/mol. The smallest absolute Gasteiger partial charge is 0.325 e. The molecule has 0 atom stereocenters. The summed E-state index contributed by atoms with van der Waals surface area (Å²) in [5, 5.41) is 15.2. The summed E-state index contributed by atoms with van der Waals surface area (Å²) in [6.07, 6.45) is 0. The number of aliphatic carboxylic acids is 1. The highest BCUT2D eigenvalue weighted by molar-refractivity contribution is 5.77. The molecule has 7 heteroatoms. The summed E-state index contributed by atoms with van der Waals surface area (Å²) in [5.41, 5.74) is -0.697. The largest absolute Gasteiger partial charge is 0.480 e. The van der Waals surface area contributed by atoms with Crippen LogP contribution in [-0.2, 0) is 11.3 Å². The zero-order valence-corrected chi connectivity index (χ0v) is 7.92. The third kappa shape index (κ3) is 1.62. The van der Waals surface area contributed by atoms with Crippen molar-refractivity contribution in [2.45, 2.75) is 6.54 Å². The van der Waals surface area contributed by atoms with Crippen molar-refractivity contribution in [1.29, 1.82) is 0 Å². The molecule has 0 aliphatic heterocycles. The van der Waals surface area contributed by atoms with Crippen LogP contribution in [0.3, 0.4) is 0 Å². The van der Waals surface area contributed by atoms with E-state index in [0.29, 0.717) is 4.68 Å². The number of halogens is 1. The molecule has 0 aliphatic rings. The Morgan fingerprint density at radius 3 is 2.94 bits per heavy atom. The number of nitrogens with zero attached hydrogens (tertiary/aromatic N) is 3. The molecule has 0 spiro atoms. The average Bonchev–Trinajstić information content (AvgIpc) is 2.22. The molecule has 1 aromatic carbocycles. The summed E-state index contributed by atoms with van der Waals surface area (Å²) < 4.78 is 13.9. The lowest BCUT2D eigenvalue weighted by Crippen LogP contribution is -2.28. The number of carbonyl (C=O) groups is 1. The highest BCUT2D eigenvalue weighted by Crippen LogP contribution is 2.09. The number of carboxylic acids is 1. The maximum Gasteiger partial charge on any atom is 0.325 e. The van der Waals surface area contributed by atoms with Crippen LogP contribution < -0.4 is 5.56 Å². The van der Waals surface area contributed by atoms with E-state index in [9.17, 15) is 14.0 Å². The molecule has 0 unspecified atom stereocenters. The Hall–Kier alpha value is -2.31. The SMILES string of the molecule is O=C(O)Cn1nnc2cccc(F)c2c1=O. The number of benzene rings is 1. The van der Waals surface area contributed by atoms with E-state index in [4.69, 9.17) is 5.11 Å². The molecule has 0 saturated carbocycles. The van der Waals surface area contributed by atoms with Gasteiger partial charge in [0.05, 0.1) is 0 Å². The van der Waals surface area contributed by atoms with Gasteiger partial charge < -0.3 is 5.11 Å². The van der Waals surface area contributed by atoms with E-state index >= 15 is 0 Å². The van der Waals surface area contributed by atoms with Crippen LogP contribution in [0.1, 0.15) is 0 Å². The second-order valence-electron chi connectivity index (χ2n) is 3.08. The van der Waals surface area contributed by atoms with Gasteiger partial charge in [0.2, 0.25) is 0 Å². The summed E-state index contributed by atoms with van der Waals surface area (Å²) in [7, 11) is 0. The molecule has 16 heavy (non-hydrogen) atoms. The van der Waals surface area contributed by atoms with Gasteiger partial charge in [0.15, 0.2) is 0 Å². The van der Waals surface area contributed by atoms with E-state index in [1.165, 1.54) is 12.1 Å². The first-order valence-corrected chi connectivity index (χ1v) is 4.33. The van der Waals surface area contributed by atoms with Crippen LogP contribution in [-0.4, -0.2) is 26.1 Å². The van der Waals surface area contributed by atoms with Gasteiger partial charge in [-0.15, -0.1) is 5.10 Å². The standard InChI is InChI=1S/C9H6FN3O3/c10-5-2-1-3-6-8(5)9(16)13(12-11-6)4-7(14)15/h1-3H,4H2,(H,14,15). The Balaban J connectivity index is 2.73. The number of aromatic nitrogens is 3. The quantitative estimate of drug-likeness (QED) is 0.775. The lowest BCUT2D eigenvalue weighted by Gasteiger charge is -2.01. The van der Waals surface area contributed by atoms with Crippen molar-refractivity contribution in [2.24, 2.45) is 0 Å². The number of fused-ring (bicyclic) bond motifs is 1. The van der Waals surface area contributed by atoms with E-state index < -0.39 is 23.9 Å². The highest BCUT2D eigenvalue weighted by Gasteiger charge is 2.11. The minimum absolute atomic E-state index is 0.103. The average molecular weight is 223 g/mol. The van der Waals surface area contributed by atoms with Crippen LogP contribution >= 0.6 is 0 Å². The summed E-state index contributed by atoms with van der Waals surface area (Å²) in [6.45, 7) is -0.643. The normalized spacial score (nSPS) is 10.6. The molecule has 6 nitrogen and oxygen atoms in total. The first-order chi connectivity index (χ1) is 7.59. The summed E-state index contributed by atoms with van der Waals surface area (Å²) in [6, 6.07) is 3.93. The molecule has 82 valence electrons. The predicted molar refractivity (Wildman–Crippen MR) is 51.4 cm³/mol. The third-order valence-corrected chi connectivity index (χ3v) is 1.99. The van der Waals surface area contributed by atoms with Gasteiger partial charge in [-0.1, -0.05) is 11.3 Å². The highest BCUT2D eigenvalue weighted by atomic mass is 19.1. The van der Waals surface area contributed by atoms with Crippen LogP contribution in [0.2, 0.25) is 0 Å². The van der Waals surface area contributed by atoms with Crippen LogP contribution in [0.15, 0.2) is 23.0 Å². The first-order valence-electron chi connectivity index (χ1n) is 4.33. The van der Waals surface area contributed by atoms with Crippen molar-refractivity contribution < 1.29 is 14.3 Å². The van der Waals surface area contributed by atoms with Gasteiger partial charge in [-0.25, -0.2) is 4.39 Å². The lowest BCUT2D eigenvalue weighted by molar-refractivity contribution is -0.138. The molecule has 0 amide bonds. The Morgan fingerprint density at radius 2 is 2.25 bits per heavy atom. The van der Waals surface area contributed by atoms with E-state index in [1.807, 2.05) is 0 Å². The van der Waals surface area contributed by atoms with Crippen LogP contribution in [0.25, 0.3) is 10.9 Å². The molecule has 1 N–H and O–H groups in total. The molecule has 0 fully saturated rings. The van der Waals surface area contributed by atoms with Gasteiger partial charge in [0, 0.05) is 0 Å². The first kappa shape index (κ1) is 10.2. The molecule has 0 saturated heterocycles. The number of carboxylic acid groups (broad SMARTS) is 1. The lowest BCUT2D eigenvalue weighted by atomic mass is 10.2. The Labute approximate surface area is 87.9 Å². The van der Waals surface area contributed by atoms with Crippen molar-refractivity contribution in [1.82, 2.24) is 15.0 Å². The summed E-state index contributed by atoms with van der Waals surface area (Å²) in [5.74, 6) is -1.98. The molecule has 2 aromatic rings. The number of rotatable bonds is 2. The fourth-order valence-electron chi connectivity index (χ4n) is 1.31.